The number of hydrogen-bond donors (Lipinski definition) is 0. The van der Waals surface area contributed by atoms with E-state index in [1.165, 1.54) is 25.4 Å². The maximum Gasteiger partial charge on any atom is 0.309 e. The minimum absolute atomic E-state index is 0.0915. The van der Waals surface area contributed by atoms with Crippen LogP contribution in [0.2, 0.25) is 4.34 Å². The molecule has 1 rings (SSSR count). The number of carbonyl (C=O) groups excluding carboxylic acids is 1. The van der Waals surface area contributed by atoms with Crippen molar-refractivity contribution in [3.8, 4) is 0 Å². The van der Waals surface area contributed by atoms with E-state index in [9.17, 15) is 13.2 Å². The van der Waals surface area contributed by atoms with Gasteiger partial charge < -0.3 is 4.74 Å². The average molecular weight is 297 g/mol. The third-order valence-electron chi connectivity index (χ3n) is 2.10. The molecular weight excluding hydrogens is 284 g/mol. The second-order valence-electron chi connectivity index (χ2n) is 3.68. The Balaban J connectivity index is 2.66. The van der Waals surface area contributed by atoms with Gasteiger partial charge >= 0.3 is 5.97 Å². The van der Waals surface area contributed by atoms with Crippen LogP contribution in [0.3, 0.4) is 0 Å². The number of esters is 1. The number of methoxy groups -OCH3 is 1. The quantitative estimate of drug-likeness (QED) is 0.781. The first-order valence-corrected chi connectivity index (χ1v) is 7.88. The first kappa shape index (κ1) is 14.5. The van der Waals surface area contributed by atoms with Gasteiger partial charge in [-0.1, -0.05) is 18.5 Å². The third kappa shape index (κ3) is 4.65. The number of ether oxygens (including phenoxy) is 1. The van der Waals surface area contributed by atoms with Crippen LogP contribution < -0.4 is 0 Å². The van der Waals surface area contributed by atoms with Crippen molar-refractivity contribution >= 4 is 38.7 Å². The summed E-state index contributed by atoms with van der Waals surface area (Å²) in [6.45, 7) is 1.53. The summed E-state index contributed by atoms with van der Waals surface area (Å²) in [6, 6.07) is 3.33. The van der Waals surface area contributed by atoms with E-state index in [0.29, 0.717) is 9.21 Å². The predicted octanol–water partition coefficient (Wildman–Crippen LogP) is 2.13. The van der Waals surface area contributed by atoms with E-state index in [1.807, 2.05) is 0 Å². The molecule has 96 valence electrons. The zero-order valence-electron chi connectivity index (χ0n) is 9.47. The molecule has 1 aromatic rings. The zero-order chi connectivity index (χ0) is 13.1. The minimum Gasteiger partial charge on any atom is -0.469 e. The summed E-state index contributed by atoms with van der Waals surface area (Å²) in [5, 5.41) is 0. The highest BCUT2D eigenvalue weighted by Gasteiger charge is 2.22. The number of rotatable bonds is 5. The lowest BCUT2D eigenvalue weighted by molar-refractivity contribution is -0.144. The number of carbonyl (C=O) groups is 1. The molecule has 0 aliphatic heterocycles. The molecule has 0 saturated heterocycles. The molecule has 4 nitrogen and oxygen atoms in total. The van der Waals surface area contributed by atoms with Crippen LogP contribution in [-0.2, 0) is 25.1 Å². The maximum absolute atomic E-state index is 11.8. The predicted molar refractivity (Wildman–Crippen MR) is 68.0 cm³/mol. The van der Waals surface area contributed by atoms with Crippen molar-refractivity contribution in [1.82, 2.24) is 0 Å². The van der Waals surface area contributed by atoms with Gasteiger partial charge in [-0.15, -0.1) is 11.3 Å². The van der Waals surface area contributed by atoms with Gasteiger partial charge in [0.05, 0.1) is 28.9 Å². The van der Waals surface area contributed by atoms with Crippen molar-refractivity contribution in [2.75, 3.05) is 12.9 Å². The normalized spacial score (nSPS) is 13.4. The molecule has 17 heavy (non-hydrogen) atoms. The Morgan fingerprint density at radius 3 is 2.65 bits per heavy atom. The molecule has 0 spiro atoms. The fourth-order valence-electron chi connectivity index (χ4n) is 1.36. The zero-order valence-corrected chi connectivity index (χ0v) is 11.9. The number of sulfone groups is 1. The van der Waals surface area contributed by atoms with E-state index in [0.717, 1.165) is 0 Å². The molecule has 0 fully saturated rings. The molecule has 0 aliphatic carbocycles. The first-order chi connectivity index (χ1) is 7.84. The summed E-state index contributed by atoms with van der Waals surface area (Å²) in [6.07, 6.45) is 0. The van der Waals surface area contributed by atoms with Crippen LogP contribution in [0.5, 0.6) is 0 Å². The van der Waals surface area contributed by atoms with Crippen molar-refractivity contribution in [1.29, 1.82) is 0 Å². The lowest BCUT2D eigenvalue weighted by atomic mass is 10.2. The molecule has 1 unspecified atom stereocenters. The summed E-state index contributed by atoms with van der Waals surface area (Å²) in [7, 11) is -2.08. The SMILES string of the molecule is COC(=O)C(C)CS(=O)(=O)Cc1ccc(Cl)s1. The highest BCUT2D eigenvalue weighted by atomic mass is 35.5. The van der Waals surface area contributed by atoms with Crippen LogP contribution >= 0.6 is 22.9 Å². The number of thiophene rings is 1. The molecule has 0 bridgehead atoms. The summed E-state index contributed by atoms with van der Waals surface area (Å²) in [5.41, 5.74) is 0. The van der Waals surface area contributed by atoms with Crippen LogP contribution in [0.25, 0.3) is 0 Å². The Hall–Kier alpha value is -0.590. The smallest absolute Gasteiger partial charge is 0.309 e. The van der Waals surface area contributed by atoms with Crippen LogP contribution in [0.4, 0.5) is 0 Å². The monoisotopic (exact) mass is 296 g/mol. The van der Waals surface area contributed by atoms with Gasteiger partial charge in [0.1, 0.15) is 0 Å². The van der Waals surface area contributed by atoms with E-state index in [2.05, 4.69) is 4.74 Å². The van der Waals surface area contributed by atoms with Gasteiger partial charge in [-0.05, 0) is 12.1 Å². The second kappa shape index (κ2) is 5.84. The maximum atomic E-state index is 11.8. The Morgan fingerprint density at radius 2 is 2.18 bits per heavy atom. The Labute approximate surface area is 109 Å². The molecule has 7 heteroatoms. The molecule has 1 aromatic heterocycles. The lowest BCUT2D eigenvalue weighted by Gasteiger charge is -2.08. The molecule has 1 atom stereocenters. The summed E-state index contributed by atoms with van der Waals surface area (Å²) in [5.74, 6) is -1.47. The Morgan fingerprint density at radius 1 is 1.53 bits per heavy atom. The Bertz CT molecular complexity index is 492. The second-order valence-corrected chi connectivity index (χ2v) is 7.59. The molecule has 0 radical (unpaired) electrons. The summed E-state index contributed by atoms with van der Waals surface area (Å²) >= 11 is 6.94. The molecule has 0 N–H and O–H groups in total. The summed E-state index contributed by atoms with van der Waals surface area (Å²) < 4.78 is 28.6. The molecule has 0 saturated carbocycles. The van der Waals surface area contributed by atoms with Crippen molar-refractivity contribution in [3.05, 3.63) is 21.3 Å². The third-order valence-corrected chi connectivity index (χ3v) is 5.27. The van der Waals surface area contributed by atoms with E-state index in [1.54, 1.807) is 12.1 Å². The van der Waals surface area contributed by atoms with Crippen LogP contribution in [0, 0.1) is 5.92 Å². The fourth-order valence-corrected chi connectivity index (χ4v) is 4.56. The van der Waals surface area contributed by atoms with Crippen LogP contribution in [-0.4, -0.2) is 27.2 Å². The van der Waals surface area contributed by atoms with Gasteiger partial charge in [-0.2, -0.15) is 0 Å². The number of halogens is 1. The molecule has 0 aromatic carbocycles. The standard InChI is InChI=1S/C10H13ClO4S2/c1-7(10(12)15-2)5-17(13,14)6-8-3-4-9(11)16-8/h3-4,7H,5-6H2,1-2H3. The van der Waals surface area contributed by atoms with E-state index < -0.39 is 21.7 Å². The van der Waals surface area contributed by atoms with Gasteiger partial charge in [0, 0.05) is 4.88 Å². The van der Waals surface area contributed by atoms with Crippen molar-refractivity contribution in [2.45, 2.75) is 12.7 Å². The van der Waals surface area contributed by atoms with E-state index >= 15 is 0 Å². The Kier molecular flexibility index (Phi) is 4.97. The van der Waals surface area contributed by atoms with Crippen molar-refractivity contribution < 1.29 is 17.9 Å². The first-order valence-electron chi connectivity index (χ1n) is 4.86. The van der Waals surface area contributed by atoms with Gasteiger partial charge in [-0.3, -0.25) is 4.79 Å². The molecule has 1 heterocycles. The van der Waals surface area contributed by atoms with E-state index in [-0.39, 0.29) is 11.5 Å². The molecule has 0 aliphatic rings. The highest BCUT2D eigenvalue weighted by Crippen LogP contribution is 2.23. The van der Waals surface area contributed by atoms with Crippen molar-refractivity contribution in [2.24, 2.45) is 5.92 Å². The van der Waals surface area contributed by atoms with Crippen LogP contribution in [0.1, 0.15) is 11.8 Å². The lowest BCUT2D eigenvalue weighted by Crippen LogP contribution is -2.23. The molecule has 0 amide bonds. The topological polar surface area (TPSA) is 60.4 Å². The highest BCUT2D eigenvalue weighted by molar-refractivity contribution is 7.90. The van der Waals surface area contributed by atoms with Crippen LogP contribution in [0.15, 0.2) is 12.1 Å². The van der Waals surface area contributed by atoms with Gasteiger partial charge in [-0.25, -0.2) is 8.42 Å². The largest absolute Gasteiger partial charge is 0.469 e. The number of hydrogen-bond acceptors (Lipinski definition) is 5. The van der Waals surface area contributed by atoms with Crippen molar-refractivity contribution in [3.63, 3.8) is 0 Å². The van der Waals surface area contributed by atoms with Gasteiger partial charge in [0.2, 0.25) is 0 Å². The van der Waals surface area contributed by atoms with Gasteiger partial charge in [0.15, 0.2) is 9.84 Å². The summed E-state index contributed by atoms with van der Waals surface area (Å²) in [4.78, 5) is 11.8. The van der Waals surface area contributed by atoms with E-state index in [4.69, 9.17) is 11.6 Å². The molecular formula is C10H13ClO4S2. The van der Waals surface area contributed by atoms with Gasteiger partial charge in [0.25, 0.3) is 0 Å². The fraction of sp³-hybridized carbons (Fsp3) is 0.500. The minimum atomic E-state index is -3.32. The average Bonchev–Trinajstić information content (AvgIpc) is 2.60.